The third-order valence-corrected chi connectivity index (χ3v) is 3.12. The van der Waals surface area contributed by atoms with Gasteiger partial charge < -0.3 is 15.2 Å². The van der Waals surface area contributed by atoms with E-state index in [4.69, 9.17) is 9.84 Å². The van der Waals surface area contributed by atoms with E-state index in [9.17, 15) is 14.4 Å². The highest BCUT2D eigenvalue weighted by molar-refractivity contribution is 6.03. The fourth-order valence-electron chi connectivity index (χ4n) is 2.00. The first-order chi connectivity index (χ1) is 9.38. The van der Waals surface area contributed by atoms with Gasteiger partial charge in [-0.1, -0.05) is 6.92 Å². The van der Waals surface area contributed by atoms with Crippen LogP contribution in [0, 0.1) is 5.92 Å². The molecule has 0 bridgehead atoms. The predicted octanol–water partition coefficient (Wildman–Crippen LogP) is 1.70. The number of hydrogen-bond donors (Lipinski definition) is 2. The molecule has 2 rings (SSSR count). The van der Waals surface area contributed by atoms with Crippen LogP contribution in [0.2, 0.25) is 0 Å². The van der Waals surface area contributed by atoms with Crippen LogP contribution in [-0.4, -0.2) is 28.9 Å². The maximum Gasteiger partial charge on any atom is 0.304 e. The van der Waals surface area contributed by atoms with Crippen LogP contribution >= 0.6 is 0 Å². The third kappa shape index (κ3) is 2.79. The van der Waals surface area contributed by atoms with E-state index in [0.717, 1.165) is 0 Å². The summed E-state index contributed by atoms with van der Waals surface area (Å²) >= 11 is 0. The highest BCUT2D eigenvalue weighted by Crippen LogP contribution is 2.31. The van der Waals surface area contributed by atoms with E-state index in [2.05, 4.69) is 5.32 Å². The number of anilines is 1. The summed E-state index contributed by atoms with van der Waals surface area (Å²) in [6, 6.07) is 4.69. The lowest BCUT2D eigenvalue weighted by molar-refractivity contribution is -0.137. The molecule has 6 nitrogen and oxygen atoms in total. The van der Waals surface area contributed by atoms with Gasteiger partial charge in [-0.3, -0.25) is 14.4 Å². The molecule has 1 aromatic rings. The molecule has 1 aliphatic heterocycles. The zero-order valence-electron chi connectivity index (χ0n) is 11.2. The lowest BCUT2D eigenvalue weighted by atomic mass is 9.96. The second-order valence-electron chi connectivity index (χ2n) is 4.82. The van der Waals surface area contributed by atoms with Crippen molar-refractivity contribution in [1.29, 1.82) is 0 Å². The molecule has 1 aliphatic rings. The van der Waals surface area contributed by atoms with Crippen molar-refractivity contribution in [2.75, 3.05) is 5.32 Å². The highest BCUT2D eigenvalue weighted by Gasteiger charge is 2.25. The standard InChI is InChI=1S/C14H15NO5/c1-7(5-12(16)17)13(18)9-3-4-11-10(6-9)15-14(19)8(2)20-11/h3-4,6-8H,5H2,1-2H3,(H,15,19)(H,16,17). The van der Waals surface area contributed by atoms with Crippen molar-refractivity contribution in [3.05, 3.63) is 23.8 Å². The molecular weight excluding hydrogens is 262 g/mol. The normalized spacial score (nSPS) is 18.5. The van der Waals surface area contributed by atoms with Crippen LogP contribution in [0.1, 0.15) is 30.6 Å². The first-order valence-corrected chi connectivity index (χ1v) is 6.26. The van der Waals surface area contributed by atoms with Crippen molar-refractivity contribution in [2.45, 2.75) is 26.4 Å². The van der Waals surface area contributed by atoms with Crippen LogP contribution in [0.5, 0.6) is 5.75 Å². The van der Waals surface area contributed by atoms with Crippen molar-refractivity contribution in [1.82, 2.24) is 0 Å². The Morgan fingerprint density at radius 3 is 2.80 bits per heavy atom. The molecule has 2 unspecified atom stereocenters. The van der Waals surface area contributed by atoms with E-state index in [0.29, 0.717) is 17.0 Å². The van der Waals surface area contributed by atoms with E-state index in [1.807, 2.05) is 0 Å². The first kappa shape index (κ1) is 14.0. The quantitative estimate of drug-likeness (QED) is 0.817. The average Bonchev–Trinajstić information content (AvgIpc) is 2.38. The SMILES string of the molecule is CC(CC(=O)O)C(=O)c1ccc2c(c1)NC(=O)C(C)O2. The Morgan fingerprint density at radius 2 is 2.15 bits per heavy atom. The summed E-state index contributed by atoms with van der Waals surface area (Å²) in [5.74, 6) is -1.69. The first-order valence-electron chi connectivity index (χ1n) is 6.26. The van der Waals surface area contributed by atoms with Crippen LogP contribution < -0.4 is 10.1 Å². The van der Waals surface area contributed by atoms with Crippen LogP contribution in [0.4, 0.5) is 5.69 Å². The molecule has 106 valence electrons. The number of carbonyl (C=O) groups excluding carboxylic acids is 2. The Bertz CT molecular complexity index is 581. The molecule has 0 aromatic heterocycles. The maximum absolute atomic E-state index is 12.1. The second kappa shape index (κ2) is 5.32. The molecule has 1 aromatic carbocycles. The number of ether oxygens (including phenoxy) is 1. The van der Waals surface area contributed by atoms with Gasteiger partial charge in [0.2, 0.25) is 0 Å². The molecule has 0 spiro atoms. The number of Topliss-reactive ketones (excluding diaryl/α,β-unsaturated/α-hetero) is 1. The molecule has 2 N–H and O–H groups in total. The van der Waals surface area contributed by atoms with Crippen LogP contribution in [0.25, 0.3) is 0 Å². The molecule has 0 fully saturated rings. The summed E-state index contributed by atoms with van der Waals surface area (Å²) in [6.45, 7) is 3.19. The van der Waals surface area contributed by atoms with Crippen molar-refractivity contribution in [2.24, 2.45) is 5.92 Å². The van der Waals surface area contributed by atoms with Gasteiger partial charge in [-0.05, 0) is 25.1 Å². The second-order valence-corrected chi connectivity index (χ2v) is 4.82. The Morgan fingerprint density at radius 1 is 1.45 bits per heavy atom. The molecule has 1 heterocycles. The molecule has 0 radical (unpaired) electrons. The fourth-order valence-corrected chi connectivity index (χ4v) is 2.00. The number of ketones is 1. The van der Waals surface area contributed by atoms with Crippen LogP contribution in [-0.2, 0) is 9.59 Å². The van der Waals surface area contributed by atoms with Gasteiger partial charge in [0, 0.05) is 11.5 Å². The number of carboxylic acid groups (broad SMARTS) is 1. The summed E-state index contributed by atoms with van der Waals surface area (Å²) in [6.07, 6.45) is -0.800. The number of amides is 1. The predicted molar refractivity (Wildman–Crippen MR) is 70.9 cm³/mol. The van der Waals surface area contributed by atoms with Crippen molar-refractivity contribution >= 4 is 23.3 Å². The van der Waals surface area contributed by atoms with E-state index in [1.165, 1.54) is 6.07 Å². The minimum atomic E-state index is -1.02. The Kier molecular flexibility index (Phi) is 3.74. The molecule has 0 saturated carbocycles. The van der Waals surface area contributed by atoms with Crippen molar-refractivity contribution in [3.8, 4) is 5.75 Å². The molecule has 2 atom stereocenters. The van der Waals surface area contributed by atoms with E-state index in [1.54, 1.807) is 26.0 Å². The van der Waals surface area contributed by atoms with Gasteiger partial charge in [-0.25, -0.2) is 0 Å². The van der Waals surface area contributed by atoms with Gasteiger partial charge >= 0.3 is 5.97 Å². The summed E-state index contributed by atoms with van der Waals surface area (Å²) < 4.78 is 5.39. The van der Waals surface area contributed by atoms with Gasteiger partial charge in [0.1, 0.15) is 5.75 Å². The average molecular weight is 277 g/mol. The van der Waals surface area contributed by atoms with E-state index >= 15 is 0 Å². The number of rotatable bonds is 4. The zero-order chi connectivity index (χ0) is 14.9. The molecule has 0 saturated heterocycles. The van der Waals surface area contributed by atoms with E-state index < -0.39 is 18.0 Å². The minimum Gasteiger partial charge on any atom is -0.481 e. The largest absolute Gasteiger partial charge is 0.481 e. The summed E-state index contributed by atoms with van der Waals surface area (Å²) in [7, 11) is 0. The maximum atomic E-state index is 12.1. The Labute approximate surface area is 115 Å². The summed E-state index contributed by atoms with van der Waals surface area (Å²) in [5, 5.41) is 11.4. The van der Waals surface area contributed by atoms with Crippen molar-refractivity contribution in [3.63, 3.8) is 0 Å². The van der Waals surface area contributed by atoms with Gasteiger partial charge in [0.05, 0.1) is 12.1 Å². The number of nitrogens with one attached hydrogen (secondary N) is 1. The number of carbonyl (C=O) groups is 3. The minimum absolute atomic E-state index is 0.226. The Hall–Kier alpha value is -2.37. The smallest absolute Gasteiger partial charge is 0.304 e. The van der Waals surface area contributed by atoms with E-state index in [-0.39, 0.29) is 18.1 Å². The molecule has 1 amide bonds. The summed E-state index contributed by atoms with van der Waals surface area (Å²) in [5.41, 5.74) is 0.789. The topological polar surface area (TPSA) is 92.7 Å². The lowest BCUT2D eigenvalue weighted by Crippen LogP contribution is -2.34. The number of carboxylic acids is 1. The number of benzene rings is 1. The number of hydrogen-bond acceptors (Lipinski definition) is 4. The molecular formula is C14H15NO5. The molecule has 20 heavy (non-hydrogen) atoms. The molecule has 6 heteroatoms. The zero-order valence-corrected chi connectivity index (χ0v) is 11.2. The van der Waals surface area contributed by atoms with Crippen molar-refractivity contribution < 1.29 is 24.2 Å². The van der Waals surface area contributed by atoms with Gasteiger partial charge in [0.15, 0.2) is 11.9 Å². The van der Waals surface area contributed by atoms with Gasteiger partial charge in [-0.2, -0.15) is 0 Å². The third-order valence-electron chi connectivity index (χ3n) is 3.12. The Balaban J connectivity index is 2.23. The van der Waals surface area contributed by atoms with Crippen LogP contribution in [0.3, 0.4) is 0 Å². The monoisotopic (exact) mass is 277 g/mol. The number of fused-ring (bicyclic) bond motifs is 1. The fraction of sp³-hybridized carbons (Fsp3) is 0.357. The number of aliphatic carboxylic acids is 1. The van der Waals surface area contributed by atoms with Gasteiger partial charge in [-0.15, -0.1) is 0 Å². The summed E-state index contributed by atoms with van der Waals surface area (Å²) in [4.78, 5) is 34.2. The molecule has 0 aliphatic carbocycles. The van der Waals surface area contributed by atoms with Gasteiger partial charge in [0.25, 0.3) is 5.91 Å². The lowest BCUT2D eigenvalue weighted by Gasteiger charge is -2.23. The highest BCUT2D eigenvalue weighted by atomic mass is 16.5. The van der Waals surface area contributed by atoms with Crippen LogP contribution in [0.15, 0.2) is 18.2 Å².